The Labute approximate surface area is 308 Å². The lowest BCUT2D eigenvalue weighted by atomic mass is 9.78. The van der Waals surface area contributed by atoms with E-state index in [0.29, 0.717) is 0 Å². The molecule has 2 heterocycles. The van der Waals surface area contributed by atoms with Crippen LogP contribution in [0.15, 0.2) is 121 Å². The van der Waals surface area contributed by atoms with Gasteiger partial charge in [-0.1, -0.05) is 102 Å². The molecule has 0 nitrogen and oxygen atoms in total. The third-order valence-electron chi connectivity index (χ3n) is 12.7. The Kier molecular flexibility index (Phi) is 5.73. The Hall–Kier alpha value is -4.76. The molecule has 0 spiro atoms. The van der Waals surface area contributed by atoms with Crippen molar-refractivity contribution in [2.24, 2.45) is 0 Å². The quantitative estimate of drug-likeness (QED) is 0.169. The van der Waals surface area contributed by atoms with Crippen LogP contribution in [0.2, 0.25) is 0 Å². The lowest BCUT2D eigenvalue weighted by molar-refractivity contribution is 0.649. The Bertz CT molecular complexity index is 2570. The van der Waals surface area contributed by atoms with Crippen LogP contribution in [0.3, 0.4) is 0 Å². The molecule has 2 heteroatoms. The second-order valence-corrected chi connectivity index (χ2v) is 18.7. The Morgan fingerprint density at radius 3 is 1.04 bits per heavy atom. The maximum atomic E-state index is 2.57. The van der Waals surface area contributed by atoms with Crippen LogP contribution in [0.4, 0.5) is 0 Å². The maximum absolute atomic E-state index is 2.57. The number of rotatable bonds is 2. The van der Waals surface area contributed by atoms with Gasteiger partial charge in [0.1, 0.15) is 0 Å². The third-order valence-corrected chi connectivity index (χ3v) is 15.0. The second kappa shape index (κ2) is 9.76. The van der Waals surface area contributed by atoms with Crippen LogP contribution in [0, 0.1) is 0 Å². The summed E-state index contributed by atoms with van der Waals surface area (Å²) in [5.41, 5.74) is 19.5. The first-order valence-corrected chi connectivity index (χ1v) is 19.8. The summed E-state index contributed by atoms with van der Waals surface area (Å²) in [4.78, 5) is 2.69. The van der Waals surface area contributed by atoms with E-state index in [0.717, 1.165) is 0 Å². The molecule has 8 aromatic rings. The summed E-state index contributed by atoms with van der Waals surface area (Å²) in [6, 6.07) is 46.9. The summed E-state index contributed by atoms with van der Waals surface area (Å²) in [5.74, 6) is 0. The SMILES string of the molecule is CC1(C)c2cc(-c3cc4ccccc4s3)ccc2-c2cc3c(cc21)-c1cc2c(cc1C3(C)C)-c1ccc(-c3cc4ccccc4s3)cc1C2(C)C. The number of hydrogen-bond acceptors (Lipinski definition) is 2. The molecule has 0 radical (unpaired) electrons. The van der Waals surface area contributed by atoms with Crippen molar-refractivity contribution >= 4 is 42.8 Å². The van der Waals surface area contributed by atoms with E-state index in [-0.39, 0.29) is 16.2 Å². The topological polar surface area (TPSA) is 0 Å². The van der Waals surface area contributed by atoms with Gasteiger partial charge in [-0.05, 0) is 149 Å². The number of thiophene rings is 2. The van der Waals surface area contributed by atoms with Crippen molar-refractivity contribution in [3.8, 4) is 54.3 Å². The van der Waals surface area contributed by atoms with Gasteiger partial charge in [-0.2, -0.15) is 0 Å². The van der Waals surface area contributed by atoms with E-state index in [1.54, 1.807) is 0 Å². The highest BCUT2D eigenvalue weighted by Crippen LogP contribution is 2.60. The molecule has 246 valence electrons. The van der Waals surface area contributed by atoms with E-state index in [1.807, 2.05) is 22.7 Å². The fourth-order valence-corrected chi connectivity index (χ4v) is 11.9. The van der Waals surface area contributed by atoms with E-state index >= 15 is 0 Å². The largest absolute Gasteiger partial charge is 0.135 e. The van der Waals surface area contributed by atoms with Crippen molar-refractivity contribution in [3.63, 3.8) is 0 Å². The molecule has 3 aliphatic carbocycles. The van der Waals surface area contributed by atoms with Crippen molar-refractivity contribution < 1.29 is 0 Å². The zero-order chi connectivity index (χ0) is 34.6. The second-order valence-electron chi connectivity index (χ2n) is 16.6. The Morgan fingerprint density at radius 2 is 0.667 bits per heavy atom. The summed E-state index contributed by atoms with van der Waals surface area (Å²) in [6.07, 6.45) is 0. The van der Waals surface area contributed by atoms with Crippen LogP contribution < -0.4 is 0 Å². The van der Waals surface area contributed by atoms with Gasteiger partial charge in [0.15, 0.2) is 0 Å². The first kappa shape index (κ1) is 29.9. The maximum Gasteiger partial charge on any atom is 0.0355 e. The lowest BCUT2D eigenvalue weighted by Gasteiger charge is -2.25. The number of hydrogen-bond donors (Lipinski definition) is 0. The number of fused-ring (bicyclic) bond motifs is 11. The number of benzene rings is 6. The third kappa shape index (κ3) is 3.90. The van der Waals surface area contributed by atoms with Crippen LogP contribution in [0.5, 0.6) is 0 Å². The molecule has 3 aliphatic rings. The first-order chi connectivity index (χ1) is 24.5. The predicted octanol–water partition coefficient (Wildman–Crippen LogP) is 14.4. The Balaban J connectivity index is 1.02. The highest BCUT2D eigenvalue weighted by atomic mass is 32.1. The standard InChI is InChI=1S/C49H38S2/c1-47(2)37-19-29(45-21-27-11-7-9-13-43(27)50-45)15-17-31(37)33-23-41-35(25-39(33)47)36-26-40-34(24-42(36)49(41,5)6)32-18-16-30(20-38(32)48(40,3)4)46-22-28-12-8-10-14-44(28)51-46/h7-26H,1-6H3. The molecule has 0 saturated carbocycles. The fourth-order valence-electron chi connectivity index (χ4n) is 9.74. The minimum absolute atomic E-state index is 0.0888. The van der Waals surface area contributed by atoms with Gasteiger partial charge in [0.05, 0.1) is 0 Å². The average Bonchev–Trinajstić information content (AvgIpc) is 3.90. The molecule has 0 saturated heterocycles. The van der Waals surface area contributed by atoms with Gasteiger partial charge in [0, 0.05) is 35.4 Å². The molecule has 0 bridgehead atoms. The van der Waals surface area contributed by atoms with E-state index < -0.39 is 0 Å². The van der Waals surface area contributed by atoms with Crippen molar-refractivity contribution in [1.82, 2.24) is 0 Å². The highest BCUT2D eigenvalue weighted by molar-refractivity contribution is 7.22. The van der Waals surface area contributed by atoms with Gasteiger partial charge in [-0.15, -0.1) is 22.7 Å². The fraction of sp³-hybridized carbons (Fsp3) is 0.184. The van der Waals surface area contributed by atoms with Gasteiger partial charge in [0.25, 0.3) is 0 Å². The van der Waals surface area contributed by atoms with E-state index in [1.165, 1.54) is 108 Å². The van der Waals surface area contributed by atoms with Crippen LogP contribution in [-0.2, 0) is 16.2 Å². The lowest BCUT2D eigenvalue weighted by Crippen LogP contribution is -2.17. The molecule has 0 amide bonds. The van der Waals surface area contributed by atoms with Crippen LogP contribution in [0.1, 0.15) is 74.9 Å². The van der Waals surface area contributed by atoms with Gasteiger partial charge in [-0.25, -0.2) is 0 Å². The van der Waals surface area contributed by atoms with Crippen LogP contribution in [-0.4, -0.2) is 0 Å². The molecule has 0 aliphatic heterocycles. The smallest absolute Gasteiger partial charge is 0.0355 e. The molecule has 2 aromatic heterocycles. The average molecular weight is 691 g/mol. The molecule has 51 heavy (non-hydrogen) atoms. The van der Waals surface area contributed by atoms with Crippen molar-refractivity contribution in [1.29, 1.82) is 0 Å². The monoisotopic (exact) mass is 690 g/mol. The summed E-state index contributed by atoms with van der Waals surface area (Å²) in [5, 5.41) is 2.65. The normalized spacial score (nSPS) is 16.5. The highest BCUT2D eigenvalue weighted by Gasteiger charge is 2.44. The Morgan fingerprint density at radius 1 is 0.333 bits per heavy atom. The molecule has 0 atom stereocenters. The zero-order valence-electron chi connectivity index (χ0n) is 29.9. The van der Waals surface area contributed by atoms with Crippen molar-refractivity contribution in [2.45, 2.75) is 57.8 Å². The molecule has 0 N–H and O–H groups in total. The summed E-state index contributed by atoms with van der Waals surface area (Å²) in [7, 11) is 0. The molecule has 11 rings (SSSR count). The minimum atomic E-state index is -0.0947. The van der Waals surface area contributed by atoms with Gasteiger partial charge in [-0.3, -0.25) is 0 Å². The summed E-state index contributed by atoms with van der Waals surface area (Å²) in [6.45, 7) is 14.6. The first-order valence-electron chi connectivity index (χ1n) is 18.2. The van der Waals surface area contributed by atoms with Gasteiger partial charge in [0.2, 0.25) is 0 Å². The van der Waals surface area contributed by atoms with E-state index in [4.69, 9.17) is 0 Å². The summed E-state index contributed by atoms with van der Waals surface area (Å²) >= 11 is 3.79. The van der Waals surface area contributed by atoms with Crippen molar-refractivity contribution in [3.05, 3.63) is 155 Å². The molecular formula is C49H38S2. The van der Waals surface area contributed by atoms with E-state index in [9.17, 15) is 0 Å². The van der Waals surface area contributed by atoms with Crippen LogP contribution >= 0.6 is 22.7 Å². The molecular weight excluding hydrogens is 653 g/mol. The molecule has 6 aromatic carbocycles. The van der Waals surface area contributed by atoms with Gasteiger partial charge >= 0.3 is 0 Å². The summed E-state index contributed by atoms with van der Waals surface area (Å²) < 4.78 is 2.70. The minimum Gasteiger partial charge on any atom is -0.135 e. The van der Waals surface area contributed by atoms with Crippen molar-refractivity contribution in [2.75, 3.05) is 0 Å². The molecule has 0 unspecified atom stereocenters. The van der Waals surface area contributed by atoms with Gasteiger partial charge < -0.3 is 0 Å². The van der Waals surface area contributed by atoms with E-state index in [2.05, 4.69) is 163 Å². The predicted molar refractivity (Wildman–Crippen MR) is 221 cm³/mol. The van der Waals surface area contributed by atoms with Crippen LogP contribution in [0.25, 0.3) is 74.4 Å². The molecule has 0 fully saturated rings. The zero-order valence-corrected chi connectivity index (χ0v) is 31.5.